The lowest BCUT2D eigenvalue weighted by atomic mass is 10.1. The quantitative estimate of drug-likeness (QED) is 0.652. The summed E-state index contributed by atoms with van der Waals surface area (Å²) in [7, 11) is 0. The zero-order valence-electron chi connectivity index (χ0n) is 7.24. The number of hydrogen-bond donors (Lipinski definition) is 0. The van der Waals surface area contributed by atoms with Crippen molar-refractivity contribution in [2.24, 2.45) is 0 Å². The monoisotopic (exact) mass is 207 g/mol. The summed E-state index contributed by atoms with van der Waals surface area (Å²) >= 11 is 5.80. The minimum absolute atomic E-state index is 0.468. The standard InChI is InChI=1S/C11H7ClFN/c12-9-4-1-3-8(7-9)10-5-2-6-14-11(10)13/h1-7H. The van der Waals surface area contributed by atoms with Crippen molar-refractivity contribution in [3.63, 3.8) is 0 Å². The molecule has 1 heterocycles. The summed E-state index contributed by atoms with van der Waals surface area (Å²) < 4.78 is 13.3. The molecule has 1 nitrogen and oxygen atoms in total. The molecule has 2 aromatic rings. The van der Waals surface area contributed by atoms with Gasteiger partial charge in [0.15, 0.2) is 0 Å². The van der Waals surface area contributed by atoms with E-state index in [1.54, 1.807) is 36.4 Å². The van der Waals surface area contributed by atoms with Crippen LogP contribution in [0.5, 0.6) is 0 Å². The molecule has 0 unspecified atom stereocenters. The number of benzene rings is 1. The molecule has 1 aromatic heterocycles. The van der Waals surface area contributed by atoms with Crippen LogP contribution >= 0.6 is 11.6 Å². The minimum Gasteiger partial charge on any atom is -0.228 e. The Labute approximate surface area is 86.2 Å². The van der Waals surface area contributed by atoms with E-state index in [9.17, 15) is 4.39 Å². The molecule has 0 amide bonds. The summed E-state index contributed by atoms with van der Waals surface area (Å²) in [6, 6.07) is 10.4. The lowest BCUT2D eigenvalue weighted by Crippen LogP contribution is -1.86. The van der Waals surface area contributed by atoms with E-state index in [2.05, 4.69) is 4.98 Å². The first kappa shape index (κ1) is 9.16. The average molecular weight is 208 g/mol. The number of hydrogen-bond acceptors (Lipinski definition) is 1. The van der Waals surface area contributed by atoms with E-state index in [0.29, 0.717) is 10.6 Å². The van der Waals surface area contributed by atoms with Gasteiger partial charge in [0, 0.05) is 16.8 Å². The molecule has 0 bridgehead atoms. The van der Waals surface area contributed by atoms with Crippen LogP contribution in [0.4, 0.5) is 4.39 Å². The second-order valence-electron chi connectivity index (χ2n) is 2.85. The maximum Gasteiger partial charge on any atom is 0.220 e. The fourth-order valence-corrected chi connectivity index (χ4v) is 1.45. The Balaban J connectivity index is 2.55. The van der Waals surface area contributed by atoms with Gasteiger partial charge >= 0.3 is 0 Å². The second kappa shape index (κ2) is 3.76. The van der Waals surface area contributed by atoms with Crippen molar-refractivity contribution >= 4 is 11.6 Å². The van der Waals surface area contributed by atoms with E-state index in [1.165, 1.54) is 6.20 Å². The Morgan fingerprint density at radius 1 is 1.14 bits per heavy atom. The third-order valence-corrected chi connectivity index (χ3v) is 2.13. The van der Waals surface area contributed by atoms with Gasteiger partial charge in [-0.2, -0.15) is 4.39 Å². The van der Waals surface area contributed by atoms with E-state index in [4.69, 9.17) is 11.6 Å². The summed E-state index contributed by atoms with van der Waals surface area (Å²) in [6.07, 6.45) is 1.42. The highest BCUT2D eigenvalue weighted by molar-refractivity contribution is 6.30. The summed E-state index contributed by atoms with van der Waals surface area (Å²) in [5.74, 6) is -0.477. The van der Waals surface area contributed by atoms with Crippen molar-refractivity contribution in [2.75, 3.05) is 0 Å². The van der Waals surface area contributed by atoms with Crippen LogP contribution < -0.4 is 0 Å². The lowest BCUT2D eigenvalue weighted by molar-refractivity contribution is 0.587. The molecule has 0 saturated carbocycles. The third kappa shape index (κ3) is 1.75. The van der Waals surface area contributed by atoms with Crippen LogP contribution in [0.15, 0.2) is 42.6 Å². The van der Waals surface area contributed by atoms with Crippen LogP contribution in [-0.4, -0.2) is 4.98 Å². The van der Waals surface area contributed by atoms with Gasteiger partial charge in [-0.05, 0) is 29.8 Å². The molecule has 0 saturated heterocycles. The number of rotatable bonds is 1. The van der Waals surface area contributed by atoms with Crippen LogP contribution in [0, 0.1) is 5.95 Å². The first-order valence-electron chi connectivity index (χ1n) is 4.14. The van der Waals surface area contributed by atoms with Crippen molar-refractivity contribution < 1.29 is 4.39 Å². The van der Waals surface area contributed by atoms with E-state index in [-0.39, 0.29) is 0 Å². The molecule has 0 aliphatic heterocycles. The third-order valence-electron chi connectivity index (χ3n) is 1.89. The van der Waals surface area contributed by atoms with E-state index < -0.39 is 5.95 Å². The molecule has 0 fully saturated rings. The van der Waals surface area contributed by atoms with Crippen molar-refractivity contribution in [3.8, 4) is 11.1 Å². The number of aromatic nitrogens is 1. The smallest absolute Gasteiger partial charge is 0.220 e. The van der Waals surface area contributed by atoms with Crippen molar-refractivity contribution in [1.29, 1.82) is 0 Å². The zero-order valence-corrected chi connectivity index (χ0v) is 8.00. The lowest BCUT2D eigenvalue weighted by Gasteiger charge is -2.01. The maximum atomic E-state index is 13.3. The van der Waals surface area contributed by atoms with Crippen LogP contribution in [-0.2, 0) is 0 Å². The summed E-state index contributed by atoms with van der Waals surface area (Å²) in [4.78, 5) is 3.58. The molecule has 0 spiro atoms. The van der Waals surface area contributed by atoms with Gasteiger partial charge in [0.2, 0.25) is 5.95 Å². The highest BCUT2D eigenvalue weighted by atomic mass is 35.5. The zero-order chi connectivity index (χ0) is 9.97. The van der Waals surface area contributed by atoms with Gasteiger partial charge in [0.05, 0.1) is 0 Å². The Kier molecular flexibility index (Phi) is 2.46. The molecule has 3 heteroatoms. The number of halogens is 2. The largest absolute Gasteiger partial charge is 0.228 e. The second-order valence-corrected chi connectivity index (χ2v) is 3.29. The first-order valence-corrected chi connectivity index (χ1v) is 4.51. The molecule has 0 atom stereocenters. The predicted octanol–water partition coefficient (Wildman–Crippen LogP) is 3.54. The van der Waals surface area contributed by atoms with Gasteiger partial charge in [-0.1, -0.05) is 23.7 Å². The molecular formula is C11H7ClFN. The molecule has 70 valence electrons. The van der Waals surface area contributed by atoms with Gasteiger partial charge < -0.3 is 0 Å². The Morgan fingerprint density at radius 2 is 2.00 bits per heavy atom. The summed E-state index contributed by atoms with van der Waals surface area (Å²) in [5, 5.41) is 0.589. The number of nitrogens with zero attached hydrogens (tertiary/aromatic N) is 1. The van der Waals surface area contributed by atoms with Gasteiger partial charge in [-0.15, -0.1) is 0 Å². The van der Waals surface area contributed by atoms with Crippen LogP contribution in [0.2, 0.25) is 5.02 Å². The van der Waals surface area contributed by atoms with Crippen LogP contribution in [0.1, 0.15) is 0 Å². The molecule has 2 rings (SSSR count). The van der Waals surface area contributed by atoms with Crippen molar-refractivity contribution in [1.82, 2.24) is 4.98 Å². The minimum atomic E-state index is -0.477. The van der Waals surface area contributed by atoms with E-state index >= 15 is 0 Å². The Bertz CT molecular complexity index is 457. The molecule has 0 radical (unpaired) electrons. The van der Waals surface area contributed by atoms with Gasteiger partial charge in [-0.25, -0.2) is 4.98 Å². The molecular weight excluding hydrogens is 201 g/mol. The maximum absolute atomic E-state index is 13.3. The van der Waals surface area contributed by atoms with E-state index in [0.717, 1.165) is 5.56 Å². The van der Waals surface area contributed by atoms with E-state index in [1.807, 2.05) is 0 Å². The fraction of sp³-hybridized carbons (Fsp3) is 0. The van der Waals surface area contributed by atoms with Crippen molar-refractivity contribution in [3.05, 3.63) is 53.6 Å². The normalized spacial score (nSPS) is 10.1. The summed E-state index contributed by atoms with van der Waals surface area (Å²) in [5.41, 5.74) is 1.21. The van der Waals surface area contributed by atoms with Gasteiger partial charge in [0.1, 0.15) is 0 Å². The Hall–Kier alpha value is -1.41. The number of pyridine rings is 1. The van der Waals surface area contributed by atoms with Crippen molar-refractivity contribution in [2.45, 2.75) is 0 Å². The van der Waals surface area contributed by atoms with Crippen LogP contribution in [0.3, 0.4) is 0 Å². The molecule has 0 aliphatic carbocycles. The predicted molar refractivity (Wildman–Crippen MR) is 54.6 cm³/mol. The first-order chi connectivity index (χ1) is 6.77. The van der Waals surface area contributed by atoms with Gasteiger partial charge in [-0.3, -0.25) is 0 Å². The molecule has 14 heavy (non-hydrogen) atoms. The highest BCUT2D eigenvalue weighted by Crippen LogP contribution is 2.23. The van der Waals surface area contributed by atoms with Crippen LogP contribution in [0.25, 0.3) is 11.1 Å². The molecule has 0 N–H and O–H groups in total. The Morgan fingerprint density at radius 3 is 2.71 bits per heavy atom. The highest BCUT2D eigenvalue weighted by Gasteiger charge is 2.04. The fourth-order valence-electron chi connectivity index (χ4n) is 1.26. The summed E-state index contributed by atoms with van der Waals surface area (Å²) in [6.45, 7) is 0. The van der Waals surface area contributed by atoms with Gasteiger partial charge in [0.25, 0.3) is 0 Å². The molecule has 0 aliphatic rings. The topological polar surface area (TPSA) is 12.9 Å². The SMILES string of the molecule is Fc1ncccc1-c1cccc(Cl)c1. The molecule has 1 aromatic carbocycles. The average Bonchev–Trinajstić information content (AvgIpc) is 2.18.